The molecule has 11 heteroatoms. The molecule has 4 aromatic rings. The molecule has 0 aliphatic rings. The van der Waals surface area contributed by atoms with Gasteiger partial charge in [-0.15, -0.1) is 0 Å². The lowest BCUT2D eigenvalue weighted by Crippen LogP contribution is -2.25. The number of halogens is 2. The molecule has 9 nitrogen and oxygen atoms in total. The number of methoxy groups -OCH3 is 2. The molecule has 1 heterocycles. The van der Waals surface area contributed by atoms with Crippen molar-refractivity contribution >= 4 is 54.8 Å². The fourth-order valence-corrected chi connectivity index (χ4v) is 5.06. The number of nitriles is 1. The van der Waals surface area contributed by atoms with Crippen molar-refractivity contribution in [3.8, 4) is 23.4 Å². The van der Waals surface area contributed by atoms with E-state index >= 15 is 0 Å². The van der Waals surface area contributed by atoms with Crippen molar-refractivity contribution < 1.29 is 23.7 Å². The highest BCUT2D eigenvalue weighted by atomic mass is 79.9. The second-order valence-electron chi connectivity index (χ2n) is 8.76. The first-order valence-electron chi connectivity index (χ1n) is 12.4. The number of rotatable bonds is 11. The fourth-order valence-electron chi connectivity index (χ4n) is 4.08. The predicted molar refractivity (Wildman–Crippen MR) is 162 cm³/mol. The van der Waals surface area contributed by atoms with E-state index in [-0.39, 0.29) is 24.7 Å². The molecule has 4 rings (SSSR count). The normalized spacial score (nSPS) is 10.9. The minimum absolute atomic E-state index is 0.0483. The molecule has 3 aromatic carbocycles. The third-order valence-corrected chi connectivity index (χ3v) is 7.66. The van der Waals surface area contributed by atoms with Gasteiger partial charge in [-0.1, -0.05) is 42.5 Å². The highest BCUT2D eigenvalue weighted by Gasteiger charge is 2.18. The molecule has 0 radical (unpaired) electrons. The number of aromatic nitrogens is 1. The molecule has 0 fully saturated rings. The van der Waals surface area contributed by atoms with Gasteiger partial charge in [0.05, 0.1) is 30.1 Å². The Kier molecular flexibility index (Phi) is 10.3. The molecule has 0 unspecified atom stereocenters. The molecule has 41 heavy (non-hydrogen) atoms. The molecule has 0 bridgehead atoms. The van der Waals surface area contributed by atoms with Gasteiger partial charge in [0.2, 0.25) is 5.88 Å². The summed E-state index contributed by atoms with van der Waals surface area (Å²) in [6.45, 7) is 1.91. The number of nitrogens with zero attached hydrogens (tertiary/aromatic N) is 3. The Hall–Kier alpha value is -3.98. The van der Waals surface area contributed by atoms with Gasteiger partial charge >= 0.3 is 0 Å². The van der Waals surface area contributed by atoms with Gasteiger partial charge in [0.1, 0.15) is 18.2 Å². The van der Waals surface area contributed by atoms with Crippen molar-refractivity contribution in [2.45, 2.75) is 20.1 Å². The van der Waals surface area contributed by atoms with Crippen LogP contribution >= 0.6 is 31.9 Å². The summed E-state index contributed by atoms with van der Waals surface area (Å²) in [5.74, 6) is 0.575. The van der Waals surface area contributed by atoms with Crippen LogP contribution in [0.4, 0.5) is 0 Å². The molecule has 0 aliphatic carbocycles. The van der Waals surface area contributed by atoms with E-state index in [0.717, 1.165) is 16.3 Å². The van der Waals surface area contributed by atoms with Crippen LogP contribution < -0.4 is 19.6 Å². The zero-order valence-corrected chi connectivity index (χ0v) is 25.7. The summed E-state index contributed by atoms with van der Waals surface area (Å²) >= 11 is 6.98. The Morgan fingerprint density at radius 1 is 1.10 bits per heavy atom. The number of fused-ring (bicyclic) bond motifs is 1. The van der Waals surface area contributed by atoms with Crippen molar-refractivity contribution in [1.82, 2.24) is 10.4 Å². The molecular weight excluding hydrogens is 656 g/mol. The Labute approximate surface area is 254 Å². The van der Waals surface area contributed by atoms with Crippen LogP contribution in [0.15, 0.2) is 68.6 Å². The van der Waals surface area contributed by atoms with Gasteiger partial charge < -0.3 is 18.9 Å². The number of hydrazone groups is 1. The summed E-state index contributed by atoms with van der Waals surface area (Å²) < 4.78 is 23.7. The first kappa shape index (κ1) is 30.0. The van der Waals surface area contributed by atoms with Crippen LogP contribution in [0, 0.1) is 18.3 Å². The average Bonchev–Trinajstić information content (AvgIpc) is 2.97. The minimum Gasteiger partial charge on any atom is -0.493 e. The lowest BCUT2D eigenvalue weighted by Gasteiger charge is -2.14. The van der Waals surface area contributed by atoms with Crippen LogP contribution in [-0.2, 0) is 22.7 Å². The zero-order chi connectivity index (χ0) is 29.4. The maximum atomic E-state index is 12.4. The lowest BCUT2D eigenvalue weighted by atomic mass is 10.1. The maximum Gasteiger partial charge on any atom is 0.278 e. The monoisotopic (exact) mass is 680 g/mol. The summed E-state index contributed by atoms with van der Waals surface area (Å²) in [4.78, 5) is 16.7. The predicted octanol–water partition coefficient (Wildman–Crippen LogP) is 6.20. The molecule has 0 aliphatic heterocycles. The van der Waals surface area contributed by atoms with Gasteiger partial charge in [0, 0.05) is 17.1 Å². The maximum absolute atomic E-state index is 12.4. The molecule has 1 N–H and O–H groups in total. The quantitative estimate of drug-likeness (QED) is 0.148. The van der Waals surface area contributed by atoms with Gasteiger partial charge in [-0.2, -0.15) is 10.4 Å². The van der Waals surface area contributed by atoms with Gasteiger partial charge in [-0.05, 0) is 72.8 Å². The Morgan fingerprint density at radius 2 is 1.88 bits per heavy atom. The van der Waals surface area contributed by atoms with Crippen molar-refractivity contribution in [1.29, 1.82) is 5.26 Å². The molecule has 0 spiro atoms. The molecular formula is C30H26Br2N4O5. The van der Waals surface area contributed by atoms with E-state index in [1.165, 1.54) is 13.3 Å². The van der Waals surface area contributed by atoms with E-state index in [1.54, 1.807) is 26.2 Å². The van der Waals surface area contributed by atoms with Crippen LogP contribution in [0.1, 0.15) is 27.9 Å². The van der Waals surface area contributed by atoms with E-state index < -0.39 is 5.91 Å². The molecule has 1 amide bonds. The van der Waals surface area contributed by atoms with Gasteiger partial charge in [0.15, 0.2) is 18.1 Å². The third-order valence-electron chi connectivity index (χ3n) is 6.01. The summed E-state index contributed by atoms with van der Waals surface area (Å²) in [5.41, 5.74) is 5.52. The number of hydrogen-bond acceptors (Lipinski definition) is 8. The molecule has 1 aromatic heterocycles. The first-order valence-corrected chi connectivity index (χ1v) is 13.9. The Bertz CT molecular complexity index is 1650. The average molecular weight is 682 g/mol. The summed E-state index contributed by atoms with van der Waals surface area (Å²) in [6, 6.07) is 19.9. The number of hydrogen-bond donors (Lipinski definition) is 1. The second-order valence-corrected chi connectivity index (χ2v) is 10.4. The Balaban J connectivity index is 1.40. The van der Waals surface area contributed by atoms with Crippen LogP contribution in [0.5, 0.6) is 17.4 Å². The van der Waals surface area contributed by atoms with Crippen molar-refractivity contribution in [3.63, 3.8) is 0 Å². The lowest BCUT2D eigenvalue weighted by molar-refractivity contribution is -0.123. The fraction of sp³-hybridized carbons (Fsp3) is 0.200. The third kappa shape index (κ3) is 7.21. The molecule has 0 saturated carbocycles. The summed E-state index contributed by atoms with van der Waals surface area (Å²) in [6.07, 6.45) is 1.47. The second kappa shape index (κ2) is 14.1. The molecule has 0 saturated heterocycles. The largest absolute Gasteiger partial charge is 0.493 e. The van der Waals surface area contributed by atoms with E-state index in [4.69, 9.17) is 18.9 Å². The van der Waals surface area contributed by atoms with Gasteiger partial charge in [0.25, 0.3) is 5.91 Å². The van der Waals surface area contributed by atoms with Crippen molar-refractivity contribution in [2.75, 3.05) is 20.8 Å². The van der Waals surface area contributed by atoms with E-state index in [0.29, 0.717) is 43.9 Å². The van der Waals surface area contributed by atoms with Crippen LogP contribution in [0.2, 0.25) is 0 Å². The summed E-state index contributed by atoms with van der Waals surface area (Å²) in [7, 11) is 3.08. The number of pyridine rings is 1. The molecule has 210 valence electrons. The number of carbonyl (C=O) groups is 1. The van der Waals surface area contributed by atoms with E-state index in [9.17, 15) is 10.1 Å². The van der Waals surface area contributed by atoms with Crippen LogP contribution in [0.25, 0.3) is 10.8 Å². The topological polar surface area (TPSA) is 115 Å². The minimum atomic E-state index is -0.526. The van der Waals surface area contributed by atoms with E-state index in [1.807, 2.05) is 24.3 Å². The van der Waals surface area contributed by atoms with Crippen molar-refractivity contribution in [2.24, 2.45) is 5.10 Å². The number of nitrogens with one attached hydrogen (secondary N) is 1. The summed E-state index contributed by atoms with van der Waals surface area (Å²) in [5, 5.41) is 15.9. The zero-order valence-electron chi connectivity index (χ0n) is 22.5. The van der Waals surface area contributed by atoms with Gasteiger partial charge in [-0.25, -0.2) is 10.4 Å². The number of amides is 1. The highest BCUT2D eigenvalue weighted by molar-refractivity contribution is 9.10. The first-order chi connectivity index (χ1) is 19.9. The number of ether oxygens (including phenoxy) is 4. The Morgan fingerprint density at radius 3 is 2.63 bits per heavy atom. The van der Waals surface area contributed by atoms with Gasteiger partial charge in [-0.3, -0.25) is 4.79 Å². The highest BCUT2D eigenvalue weighted by Crippen LogP contribution is 2.37. The molecule has 0 atom stereocenters. The van der Waals surface area contributed by atoms with Crippen LogP contribution in [0.3, 0.4) is 0 Å². The SMILES string of the molecule is COCc1c(Br)c(C)nc(OCC(=O)N/N=C\c2cc(Br)c(OCc3cccc4ccccc34)c(OC)c2)c1C#N. The van der Waals surface area contributed by atoms with E-state index in [2.05, 4.69) is 71.6 Å². The number of benzene rings is 3. The van der Waals surface area contributed by atoms with Crippen LogP contribution in [-0.4, -0.2) is 37.9 Å². The van der Waals surface area contributed by atoms with Crippen molar-refractivity contribution in [3.05, 3.63) is 91.5 Å². The number of carbonyl (C=O) groups excluding carboxylic acids is 1. The standard InChI is InChI=1S/C30H26Br2N4O5/c1-18-28(32)24(16-38-2)23(13-33)30(35-18)41-17-27(37)36-34-14-19-11-25(31)29(26(12-19)39-3)40-15-21-9-6-8-20-7-4-5-10-22(20)21/h4-12,14H,15-17H2,1-3H3,(H,36,37)/b34-14-. The smallest absolute Gasteiger partial charge is 0.278 e. The number of aryl methyl sites for hydroxylation is 1.